The molecule has 1 saturated heterocycles. The van der Waals surface area contributed by atoms with Gasteiger partial charge in [-0.05, 0) is 49.3 Å². The lowest BCUT2D eigenvalue weighted by atomic mass is 9.78. The molecule has 1 fully saturated rings. The highest BCUT2D eigenvalue weighted by molar-refractivity contribution is 7.80. The lowest BCUT2D eigenvalue weighted by Crippen LogP contribution is -2.72. The number of para-hydroxylation sites is 1. The molecule has 2 aromatic carbocycles. The van der Waals surface area contributed by atoms with E-state index in [2.05, 4.69) is 5.32 Å². The number of nitrogens with one attached hydrogen (secondary N) is 1. The van der Waals surface area contributed by atoms with Crippen molar-refractivity contribution in [2.75, 3.05) is 34.9 Å². The number of amides is 1. The molecule has 2 heterocycles. The maximum absolute atomic E-state index is 13.3. The number of benzene rings is 2. The molecule has 32 heavy (non-hydrogen) atoms. The number of hydrogen-bond donors (Lipinski definition) is 1. The molecular formula is C24H29N3O4S. The van der Waals surface area contributed by atoms with E-state index < -0.39 is 11.6 Å². The summed E-state index contributed by atoms with van der Waals surface area (Å²) in [6, 6.07) is 13.4. The van der Waals surface area contributed by atoms with Crippen LogP contribution in [-0.4, -0.2) is 61.4 Å². The van der Waals surface area contributed by atoms with Crippen LogP contribution in [0.4, 0.5) is 0 Å². The molecule has 0 spiro atoms. The minimum Gasteiger partial charge on any atom is -0.493 e. The number of fused-ring (bicyclic) bond motifs is 4. The minimum absolute atomic E-state index is 0.00174. The predicted molar refractivity (Wildman–Crippen MR) is 126 cm³/mol. The summed E-state index contributed by atoms with van der Waals surface area (Å²) >= 11 is 5.76. The lowest BCUT2D eigenvalue weighted by Gasteiger charge is -2.56. The summed E-state index contributed by atoms with van der Waals surface area (Å²) in [5, 5.41) is 4.01. The third-order valence-electron chi connectivity index (χ3n) is 6.32. The molecule has 3 atom stereocenters. The fourth-order valence-electron chi connectivity index (χ4n) is 4.65. The van der Waals surface area contributed by atoms with Gasteiger partial charge in [0.25, 0.3) is 0 Å². The molecule has 0 aromatic heterocycles. The Balaban J connectivity index is 1.67. The van der Waals surface area contributed by atoms with Crippen LogP contribution in [0, 0.1) is 5.92 Å². The van der Waals surface area contributed by atoms with Gasteiger partial charge in [-0.1, -0.05) is 24.3 Å². The zero-order valence-corrected chi connectivity index (χ0v) is 19.9. The van der Waals surface area contributed by atoms with Crippen LogP contribution < -0.4 is 19.5 Å². The second kappa shape index (κ2) is 8.50. The summed E-state index contributed by atoms with van der Waals surface area (Å²) in [5.41, 5.74) is 1.11. The Morgan fingerprint density at radius 2 is 1.91 bits per heavy atom. The highest BCUT2D eigenvalue weighted by Gasteiger charge is 2.58. The fourth-order valence-corrected chi connectivity index (χ4v) is 5.05. The molecule has 1 N–H and O–H groups in total. The molecule has 0 saturated carbocycles. The number of methoxy groups -OCH3 is 2. The largest absolute Gasteiger partial charge is 0.493 e. The fraction of sp³-hybridized carbons (Fsp3) is 0.417. The monoisotopic (exact) mass is 455 g/mol. The Hall–Kier alpha value is -3.00. The first-order valence-electron chi connectivity index (χ1n) is 10.6. The molecule has 4 rings (SSSR count). The van der Waals surface area contributed by atoms with Gasteiger partial charge in [-0.15, -0.1) is 0 Å². The maximum Gasteiger partial charge on any atom is 0.233 e. The van der Waals surface area contributed by atoms with E-state index in [1.165, 1.54) is 0 Å². The molecule has 2 bridgehead atoms. The predicted octanol–water partition coefficient (Wildman–Crippen LogP) is 2.99. The number of carbonyl (C=O) groups is 1. The highest BCUT2D eigenvalue weighted by Crippen LogP contribution is 2.48. The van der Waals surface area contributed by atoms with Gasteiger partial charge >= 0.3 is 0 Å². The maximum atomic E-state index is 13.3. The number of carbonyl (C=O) groups excluding carboxylic acids is 1. The molecule has 2 aliphatic heterocycles. The summed E-state index contributed by atoms with van der Waals surface area (Å²) in [7, 11) is 6.78. The molecule has 0 aliphatic carbocycles. The van der Waals surface area contributed by atoms with Crippen LogP contribution in [-0.2, 0) is 11.2 Å². The molecule has 0 radical (unpaired) electrons. The van der Waals surface area contributed by atoms with Crippen molar-refractivity contribution in [3.63, 3.8) is 0 Å². The van der Waals surface area contributed by atoms with Crippen LogP contribution in [0.3, 0.4) is 0 Å². The zero-order chi connectivity index (χ0) is 23.0. The second-order valence-corrected chi connectivity index (χ2v) is 8.81. The average Bonchev–Trinajstić information content (AvgIpc) is 2.77. The Labute approximate surface area is 194 Å². The number of thiocarbonyl (C=S) groups is 1. The van der Waals surface area contributed by atoms with E-state index in [0.717, 1.165) is 16.9 Å². The van der Waals surface area contributed by atoms with Crippen molar-refractivity contribution in [1.82, 2.24) is 15.1 Å². The lowest BCUT2D eigenvalue weighted by molar-refractivity contribution is -0.161. The molecule has 8 heteroatoms. The zero-order valence-electron chi connectivity index (χ0n) is 19.0. The van der Waals surface area contributed by atoms with E-state index in [9.17, 15) is 4.79 Å². The van der Waals surface area contributed by atoms with Gasteiger partial charge in [-0.25, -0.2) is 0 Å². The first-order chi connectivity index (χ1) is 15.3. The van der Waals surface area contributed by atoms with Crippen LogP contribution >= 0.6 is 12.2 Å². The van der Waals surface area contributed by atoms with Crippen LogP contribution in [0.2, 0.25) is 0 Å². The van der Waals surface area contributed by atoms with Crippen molar-refractivity contribution < 1.29 is 19.0 Å². The van der Waals surface area contributed by atoms with Gasteiger partial charge < -0.3 is 29.3 Å². The van der Waals surface area contributed by atoms with Crippen LogP contribution in [0.25, 0.3) is 0 Å². The molecule has 170 valence electrons. The van der Waals surface area contributed by atoms with E-state index in [4.69, 9.17) is 26.4 Å². The molecular weight excluding hydrogens is 426 g/mol. The third-order valence-corrected chi connectivity index (χ3v) is 6.66. The van der Waals surface area contributed by atoms with Crippen LogP contribution in [0.15, 0.2) is 42.5 Å². The summed E-state index contributed by atoms with van der Waals surface area (Å²) in [6.07, 6.45) is 0.691. The van der Waals surface area contributed by atoms with Crippen molar-refractivity contribution in [1.29, 1.82) is 0 Å². The number of ether oxygens (including phenoxy) is 3. The summed E-state index contributed by atoms with van der Waals surface area (Å²) < 4.78 is 17.3. The topological polar surface area (TPSA) is 63.3 Å². The smallest absolute Gasteiger partial charge is 0.233 e. The quantitative estimate of drug-likeness (QED) is 0.672. The second-order valence-electron chi connectivity index (χ2n) is 8.42. The van der Waals surface area contributed by atoms with Crippen molar-refractivity contribution in [3.8, 4) is 17.2 Å². The van der Waals surface area contributed by atoms with E-state index in [1.54, 1.807) is 33.2 Å². The summed E-state index contributed by atoms with van der Waals surface area (Å²) in [6.45, 7) is 2.54. The van der Waals surface area contributed by atoms with E-state index in [1.807, 2.05) is 54.3 Å². The first-order valence-corrected chi connectivity index (χ1v) is 11.0. The Morgan fingerprint density at radius 3 is 2.59 bits per heavy atom. The van der Waals surface area contributed by atoms with E-state index in [-0.39, 0.29) is 11.9 Å². The van der Waals surface area contributed by atoms with Crippen molar-refractivity contribution in [3.05, 3.63) is 53.6 Å². The van der Waals surface area contributed by atoms with Crippen molar-refractivity contribution >= 4 is 23.2 Å². The van der Waals surface area contributed by atoms with Gasteiger partial charge in [0.05, 0.1) is 20.3 Å². The van der Waals surface area contributed by atoms with Gasteiger partial charge in [-0.2, -0.15) is 0 Å². The van der Waals surface area contributed by atoms with Crippen molar-refractivity contribution in [2.24, 2.45) is 5.92 Å². The average molecular weight is 456 g/mol. The number of nitrogens with zero attached hydrogens (tertiary/aromatic N) is 2. The normalized spacial score (nSPS) is 23.5. The van der Waals surface area contributed by atoms with Gasteiger partial charge in [0.1, 0.15) is 11.7 Å². The summed E-state index contributed by atoms with van der Waals surface area (Å²) in [4.78, 5) is 16.9. The van der Waals surface area contributed by atoms with Crippen LogP contribution in [0.1, 0.15) is 24.1 Å². The number of rotatable bonds is 6. The van der Waals surface area contributed by atoms with E-state index in [0.29, 0.717) is 29.6 Å². The van der Waals surface area contributed by atoms with E-state index >= 15 is 0 Å². The third kappa shape index (κ3) is 3.62. The Morgan fingerprint density at radius 1 is 1.19 bits per heavy atom. The molecule has 2 aromatic rings. The standard InChI is InChI=1S/C24H29N3O4S/c1-24-20(22(28)26(2)3)21(16-8-6-7-9-17(16)31-24)25-23(32)27(24)13-12-15-10-11-18(29-4)19(14-15)30-5/h6-11,14,20-21H,12-13H2,1-5H3,(H,25,32). The minimum atomic E-state index is -0.917. The Kier molecular flexibility index (Phi) is 5.90. The van der Waals surface area contributed by atoms with Gasteiger partial charge in [0.15, 0.2) is 22.3 Å². The summed E-state index contributed by atoms with van der Waals surface area (Å²) in [5.74, 6) is 1.68. The molecule has 7 nitrogen and oxygen atoms in total. The highest BCUT2D eigenvalue weighted by atomic mass is 32.1. The molecule has 1 amide bonds. The Bertz CT molecular complexity index is 1040. The number of hydrogen-bond acceptors (Lipinski definition) is 5. The van der Waals surface area contributed by atoms with Crippen LogP contribution in [0.5, 0.6) is 17.2 Å². The molecule has 2 aliphatic rings. The molecule has 3 unspecified atom stereocenters. The first kappa shape index (κ1) is 22.2. The van der Waals surface area contributed by atoms with Gasteiger partial charge in [-0.3, -0.25) is 4.79 Å². The van der Waals surface area contributed by atoms with Gasteiger partial charge in [0, 0.05) is 26.2 Å². The van der Waals surface area contributed by atoms with Gasteiger partial charge in [0.2, 0.25) is 5.91 Å². The SMILES string of the molecule is COc1ccc(CCN2C(=S)NC3c4ccccc4OC2(C)C3C(=O)N(C)C)cc1OC. The van der Waals surface area contributed by atoms with Crippen molar-refractivity contribution in [2.45, 2.75) is 25.1 Å².